The van der Waals surface area contributed by atoms with E-state index in [1.54, 1.807) is 6.92 Å². The molecule has 1 atom stereocenters. The van der Waals surface area contributed by atoms with Gasteiger partial charge in [-0.05, 0) is 34.1 Å². The second kappa shape index (κ2) is 7.48. The normalized spacial score (nSPS) is 12.8. The summed E-state index contributed by atoms with van der Waals surface area (Å²) in [6, 6.07) is -0.544. The third-order valence-electron chi connectivity index (χ3n) is 2.55. The molecule has 0 unspecified atom stereocenters. The molecule has 3 N–H and O–H groups in total. The van der Waals surface area contributed by atoms with Gasteiger partial charge in [0, 0.05) is 12.1 Å². The van der Waals surface area contributed by atoms with E-state index in [1.165, 1.54) is 4.57 Å². The highest BCUT2D eigenvalue weighted by Crippen LogP contribution is 2.20. The van der Waals surface area contributed by atoms with E-state index in [9.17, 15) is 14.4 Å². The lowest BCUT2D eigenvalue weighted by molar-refractivity contribution is -0.119. The molecule has 1 aromatic rings. The van der Waals surface area contributed by atoms with Gasteiger partial charge in [-0.15, -0.1) is 5.10 Å². The van der Waals surface area contributed by atoms with Crippen molar-refractivity contribution in [3.05, 3.63) is 10.5 Å². The van der Waals surface area contributed by atoms with Crippen molar-refractivity contribution >= 4 is 23.7 Å². The summed E-state index contributed by atoms with van der Waals surface area (Å²) in [5.41, 5.74) is -0.729. The Morgan fingerprint density at radius 1 is 1.41 bits per heavy atom. The topological polar surface area (TPSA) is 109 Å². The number of amides is 3. The maximum Gasteiger partial charge on any atom is 0.343 e. The number of nitrogens with zero attached hydrogens (tertiary/aromatic N) is 2. The van der Waals surface area contributed by atoms with E-state index in [1.807, 2.05) is 27.7 Å². The minimum absolute atomic E-state index is 0.303. The molecule has 0 bridgehead atoms. The molecular weight excluding hydrogens is 306 g/mol. The van der Waals surface area contributed by atoms with Gasteiger partial charge in [0.25, 0.3) is 0 Å². The Hall–Kier alpha value is -1.77. The lowest BCUT2D eigenvalue weighted by atomic mass is 10.1. The van der Waals surface area contributed by atoms with Crippen LogP contribution < -0.4 is 16.3 Å². The van der Waals surface area contributed by atoms with Crippen molar-refractivity contribution in [1.82, 2.24) is 25.4 Å². The molecule has 0 radical (unpaired) electrons. The molecule has 0 saturated heterocycles. The van der Waals surface area contributed by atoms with Gasteiger partial charge in [-0.3, -0.25) is 14.7 Å². The number of aromatic amines is 1. The van der Waals surface area contributed by atoms with Crippen molar-refractivity contribution in [1.29, 1.82) is 0 Å². The largest absolute Gasteiger partial charge is 0.343 e. The van der Waals surface area contributed by atoms with Gasteiger partial charge in [-0.2, -0.15) is 0 Å². The number of imide groups is 1. The first-order chi connectivity index (χ1) is 10.1. The van der Waals surface area contributed by atoms with E-state index < -0.39 is 22.7 Å². The van der Waals surface area contributed by atoms with Gasteiger partial charge < -0.3 is 5.32 Å². The second-order valence-electron chi connectivity index (χ2n) is 5.92. The minimum atomic E-state index is -0.559. The predicted molar refractivity (Wildman–Crippen MR) is 84.9 cm³/mol. The highest BCUT2D eigenvalue weighted by molar-refractivity contribution is 8.00. The Kier molecular flexibility index (Phi) is 6.21. The average Bonchev–Trinajstić information content (AvgIpc) is 2.69. The van der Waals surface area contributed by atoms with E-state index in [4.69, 9.17) is 0 Å². The number of aromatic nitrogens is 3. The summed E-state index contributed by atoms with van der Waals surface area (Å²) in [7, 11) is 0. The molecule has 1 rings (SSSR count). The zero-order chi connectivity index (χ0) is 16.9. The highest BCUT2D eigenvalue weighted by Gasteiger charge is 2.22. The number of rotatable bonds is 5. The lowest BCUT2D eigenvalue weighted by Gasteiger charge is -2.21. The number of H-pyrrole nitrogens is 1. The number of carbonyl (C=O) groups is 2. The van der Waals surface area contributed by atoms with Gasteiger partial charge in [0.1, 0.15) is 0 Å². The molecule has 0 saturated carbocycles. The van der Waals surface area contributed by atoms with Crippen molar-refractivity contribution in [2.24, 2.45) is 0 Å². The zero-order valence-electron chi connectivity index (χ0n) is 13.5. The Bertz CT molecular complexity index is 587. The summed E-state index contributed by atoms with van der Waals surface area (Å²) in [4.78, 5) is 35.3. The van der Waals surface area contributed by atoms with Crippen LogP contribution in [0.3, 0.4) is 0 Å². The summed E-state index contributed by atoms with van der Waals surface area (Å²) >= 11 is 1.13. The fourth-order valence-corrected chi connectivity index (χ4v) is 2.49. The van der Waals surface area contributed by atoms with E-state index in [0.29, 0.717) is 11.7 Å². The van der Waals surface area contributed by atoms with Crippen LogP contribution in [-0.4, -0.2) is 37.5 Å². The number of thioether (sulfide) groups is 1. The van der Waals surface area contributed by atoms with Crippen LogP contribution in [-0.2, 0) is 11.3 Å². The zero-order valence-corrected chi connectivity index (χ0v) is 14.3. The molecule has 0 aromatic carbocycles. The first-order valence-electron chi connectivity index (χ1n) is 7.09. The summed E-state index contributed by atoms with van der Waals surface area (Å²) in [6.45, 7) is 9.59. The number of nitrogens with one attached hydrogen (secondary N) is 3. The molecule has 9 heteroatoms. The minimum Gasteiger partial charge on any atom is -0.333 e. The van der Waals surface area contributed by atoms with Gasteiger partial charge in [0.15, 0.2) is 5.16 Å². The van der Waals surface area contributed by atoms with Crippen molar-refractivity contribution in [2.45, 2.75) is 63.5 Å². The predicted octanol–water partition coefficient (Wildman–Crippen LogP) is 1.09. The van der Waals surface area contributed by atoms with E-state index in [0.717, 1.165) is 18.2 Å². The summed E-state index contributed by atoms with van der Waals surface area (Å²) < 4.78 is 1.48. The molecular formula is C13H23N5O3S. The van der Waals surface area contributed by atoms with Crippen LogP contribution in [0.15, 0.2) is 9.95 Å². The monoisotopic (exact) mass is 329 g/mol. The third kappa shape index (κ3) is 5.55. The van der Waals surface area contributed by atoms with Gasteiger partial charge in [-0.1, -0.05) is 18.7 Å². The molecule has 1 heterocycles. The first-order valence-corrected chi connectivity index (χ1v) is 7.97. The molecule has 0 aliphatic carbocycles. The molecule has 1 aromatic heterocycles. The molecule has 124 valence electrons. The lowest BCUT2D eigenvalue weighted by Crippen LogP contribution is -2.49. The fraction of sp³-hybridized carbons (Fsp3) is 0.692. The van der Waals surface area contributed by atoms with Crippen LogP contribution >= 0.6 is 11.8 Å². The molecule has 8 nitrogen and oxygen atoms in total. The van der Waals surface area contributed by atoms with Crippen LogP contribution in [0.4, 0.5) is 4.79 Å². The maximum absolute atomic E-state index is 12.0. The summed E-state index contributed by atoms with van der Waals surface area (Å²) in [6.07, 6.45) is 0.779. The second-order valence-corrected chi connectivity index (χ2v) is 7.22. The van der Waals surface area contributed by atoms with Crippen LogP contribution in [0.2, 0.25) is 0 Å². The number of urea groups is 1. The van der Waals surface area contributed by atoms with Crippen LogP contribution in [0.25, 0.3) is 0 Å². The quantitative estimate of drug-likeness (QED) is 0.701. The molecule has 0 fully saturated rings. The molecule has 0 aliphatic rings. The van der Waals surface area contributed by atoms with Crippen molar-refractivity contribution in [3.63, 3.8) is 0 Å². The molecule has 22 heavy (non-hydrogen) atoms. The number of hydrogen-bond acceptors (Lipinski definition) is 5. The van der Waals surface area contributed by atoms with Gasteiger partial charge in [0.2, 0.25) is 5.91 Å². The molecule has 3 amide bonds. The number of hydrogen-bond donors (Lipinski definition) is 3. The SMILES string of the molecule is CCCn1c(S[C@@H](C)C(=O)NC(=O)NC(C)(C)C)n[nH]c1=O. The summed E-state index contributed by atoms with van der Waals surface area (Å²) in [5.74, 6) is -0.440. The molecule has 0 spiro atoms. The Labute approximate surface area is 133 Å². The van der Waals surface area contributed by atoms with Crippen LogP contribution in [0.1, 0.15) is 41.0 Å². The number of carbonyl (C=O) groups excluding carboxylic acids is 2. The van der Waals surface area contributed by atoms with Crippen molar-refractivity contribution in [2.75, 3.05) is 0 Å². The van der Waals surface area contributed by atoms with Crippen molar-refractivity contribution in [3.8, 4) is 0 Å². The van der Waals surface area contributed by atoms with E-state index in [2.05, 4.69) is 20.8 Å². The highest BCUT2D eigenvalue weighted by atomic mass is 32.2. The maximum atomic E-state index is 12.0. The van der Waals surface area contributed by atoms with Crippen LogP contribution in [0, 0.1) is 0 Å². The van der Waals surface area contributed by atoms with Gasteiger partial charge in [-0.25, -0.2) is 14.7 Å². The van der Waals surface area contributed by atoms with Gasteiger partial charge >= 0.3 is 11.7 Å². The van der Waals surface area contributed by atoms with Crippen molar-refractivity contribution < 1.29 is 9.59 Å². The smallest absolute Gasteiger partial charge is 0.333 e. The summed E-state index contributed by atoms with van der Waals surface area (Å²) in [5, 5.41) is 11.1. The Balaban J connectivity index is 2.65. The van der Waals surface area contributed by atoms with Crippen LogP contribution in [0.5, 0.6) is 0 Å². The average molecular weight is 329 g/mol. The molecule has 0 aliphatic heterocycles. The Morgan fingerprint density at radius 3 is 2.59 bits per heavy atom. The van der Waals surface area contributed by atoms with E-state index in [-0.39, 0.29) is 5.69 Å². The fourth-order valence-electron chi connectivity index (χ4n) is 1.61. The third-order valence-corrected chi connectivity index (χ3v) is 3.64. The first kappa shape index (κ1) is 18.3. The van der Waals surface area contributed by atoms with Gasteiger partial charge in [0.05, 0.1) is 5.25 Å². The standard InChI is InChI=1S/C13H23N5O3S/c1-6-7-18-11(21)16-17-12(18)22-8(2)9(19)14-10(20)15-13(3,4)5/h8H,6-7H2,1-5H3,(H,16,21)(H2,14,15,19,20)/t8-/m0/s1. The Morgan fingerprint density at radius 2 is 2.05 bits per heavy atom. The van der Waals surface area contributed by atoms with E-state index >= 15 is 0 Å².